The van der Waals surface area contributed by atoms with Gasteiger partial charge < -0.3 is 5.73 Å². The number of allylic oxidation sites excluding steroid dienone is 2. The summed E-state index contributed by atoms with van der Waals surface area (Å²) in [5, 5.41) is 2.29. The Bertz CT molecular complexity index is 821. The van der Waals surface area contributed by atoms with Crippen molar-refractivity contribution in [2.24, 2.45) is 5.73 Å². The number of primary amides is 1. The van der Waals surface area contributed by atoms with E-state index in [1.165, 1.54) is 16.7 Å². The Kier molecular flexibility index (Phi) is 7.81. The number of hydrogen-bond acceptors (Lipinski definition) is 2. The van der Waals surface area contributed by atoms with Crippen molar-refractivity contribution in [2.75, 3.05) is 19.6 Å². The molecule has 2 N–H and O–H groups in total. The Morgan fingerprint density at radius 2 is 1.59 bits per heavy atom. The summed E-state index contributed by atoms with van der Waals surface area (Å²) in [4.78, 5) is 14.1. The monoisotopic (exact) mass is 364 g/mol. The Morgan fingerprint density at radius 3 is 2.19 bits per heavy atom. The van der Waals surface area contributed by atoms with Gasteiger partial charge in [-0.15, -0.1) is 0 Å². The lowest BCUT2D eigenvalue weighted by atomic mass is 9.94. The predicted molar refractivity (Wildman–Crippen MR) is 116 cm³/mol. The van der Waals surface area contributed by atoms with E-state index in [0.29, 0.717) is 6.42 Å². The van der Waals surface area contributed by atoms with Crippen molar-refractivity contribution in [1.82, 2.24) is 4.90 Å². The number of carbonyl (C=O) groups excluding carboxylic acids is 1. The van der Waals surface area contributed by atoms with Crippen LogP contribution in [0.5, 0.6) is 0 Å². The molecule has 0 aliphatic carbocycles. The average molecular weight is 365 g/mol. The molecule has 0 heterocycles. The standard InChI is InChI=1S/C24H32N2O/c1-18(2)11-14-26(15-12-19(3)4)16-13-21-10-9-20-7-5-6-8-22(20)23(21)17-24(25)27/h5-12H,13-17H2,1-4H3,(H2,25,27). The second-order valence-corrected chi connectivity index (χ2v) is 7.64. The summed E-state index contributed by atoms with van der Waals surface area (Å²) in [6.45, 7) is 11.3. The zero-order chi connectivity index (χ0) is 19.8. The van der Waals surface area contributed by atoms with Gasteiger partial charge in [0.15, 0.2) is 0 Å². The second-order valence-electron chi connectivity index (χ2n) is 7.64. The number of fused-ring (bicyclic) bond motifs is 1. The first-order valence-corrected chi connectivity index (χ1v) is 9.63. The molecule has 2 aromatic carbocycles. The second kappa shape index (κ2) is 10.1. The first-order valence-electron chi connectivity index (χ1n) is 9.63. The maximum absolute atomic E-state index is 11.7. The van der Waals surface area contributed by atoms with Gasteiger partial charge in [-0.3, -0.25) is 9.69 Å². The first kappa shape index (κ1) is 20.9. The molecule has 0 spiro atoms. The van der Waals surface area contributed by atoms with Crippen LogP contribution in [0.3, 0.4) is 0 Å². The molecule has 0 bridgehead atoms. The molecule has 0 fully saturated rings. The summed E-state index contributed by atoms with van der Waals surface area (Å²) < 4.78 is 0. The fraction of sp³-hybridized carbons (Fsp3) is 0.375. The van der Waals surface area contributed by atoms with Crippen LogP contribution < -0.4 is 5.73 Å². The van der Waals surface area contributed by atoms with Crippen LogP contribution in [-0.4, -0.2) is 30.4 Å². The Morgan fingerprint density at radius 1 is 0.963 bits per heavy atom. The largest absolute Gasteiger partial charge is 0.369 e. The maximum atomic E-state index is 11.7. The third-order valence-corrected chi connectivity index (χ3v) is 4.70. The van der Waals surface area contributed by atoms with Crippen LogP contribution in [0, 0.1) is 0 Å². The lowest BCUT2D eigenvalue weighted by Gasteiger charge is -2.21. The molecule has 3 nitrogen and oxygen atoms in total. The maximum Gasteiger partial charge on any atom is 0.221 e. The van der Waals surface area contributed by atoms with Crippen molar-refractivity contribution in [3.63, 3.8) is 0 Å². The summed E-state index contributed by atoms with van der Waals surface area (Å²) in [5.41, 5.74) is 10.5. The van der Waals surface area contributed by atoms with Gasteiger partial charge in [-0.25, -0.2) is 0 Å². The molecule has 2 rings (SSSR count). The third kappa shape index (κ3) is 6.69. The highest BCUT2D eigenvalue weighted by molar-refractivity contribution is 5.90. The molecular weight excluding hydrogens is 332 g/mol. The van der Waals surface area contributed by atoms with Crippen LogP contribution in [0.4, 0.5) is 0 Å². The van der Waals surface area contributed by atoms with Crippen LogP contribution in [0.1, 0.15) is 38.8 Å². The van der Waals surface area contributed by atoms with Gasteiger partial charge in [0.1, 0.15) is 0 Å². The van der Waals surface area contributed by atoms with Crippen LogP contribution in [0.25, 0.3) is 10.8 Å². The van der Waals surface area contributed by atoms with E-state index < -0.39 is 0 Å². The molecule has 0 aromatic heterocycles. The van der Waals surface area contributed by atoms with E-state index in [0.717, 1.165) is 42.4 Å². The Labute approximate surface area is 163 Å². The normalized spacial score (nSPS) is 10.9. The van der Waals surface area contributed by atoms with Gasteiger partial charge in [0.05, 0.1) is 6.42 Å². The third-order valence-electron chi connectivity index (χ3n) is 4.70. The highest BCUT2D eigenvalue weighted by Crippen LogP contribution is 2.24. The number of rotatable bonds is 9. The zero-order valence-electron chi connectivity index (χ0n) is 17.1. The van der Waals surface area contributed by atoms with E-state index in [1.54, 1.807) is 0 Å². The average Bonchev–Trinajstić information content (AvgIpc) is 2.61. The summed E-state index contributed by atoms with van der Waals surface area (Å²) in [7, 11) is 0. The van der Waals surface area contributed by atoms with E-state index in [-0.39, 0.29) is 5.91 Å². The SMILES string of the molecule is CC(C)=CCN(CC=C(C)C)CCc1ccc2ccccc2c1CC(N)=O. The fourth-order valence-electron chi connectivity index (χ4n) is 3.16. The van der Waals surface area contributed by atoms with Crippen molar-refractivity contribution in [1.29, 1.82) is 0 Å². The van der Waals surface area contributed by atoms with Gasteiger partial charge >= 0.3 is 0 Å². The summed E-state index contributed by atoms with van der Waals surface area (Å²) in [6, 6.07) is 12.5. The Balaban J connectivity index is 2.25. The molecular formula is C24H32N2O. The minimum Gasteiger partial charge on any atom is -0.369 e. The van der Waals surface area contributed by atoms with Gasteiger partial charge in [-0.2, -0.15) is 0 Å². The molecule has 2 aromatic rings. The smallest absolute Gasteiger partial charge is 0.221 e. The van der Waals surface area contributed by atoms with Crippen LogP contribution >= 0.6 is 0 Å². The molecule has 0 unspecified atom stereocenters. The predicted octanol–water partition coefficient (Wildman–Crippen LogP) is 4.64. The molecule has 27 heavy (non-hydrogen) atoms. The molecule has 0 saturated carbocycles. The van der Waals surface area contributed by atoms with Crippen LogP contribution in [0.2, 0.25) is 0 Å². The molecule has 0 aliphatic rings. The molecule has 1 amide bonds. The highest BCUT2D eigenvalue weighted by atomic mass is 16.1. The first-order chi connectivity index (χ1) is 12.9. The van der Waals surface area contributed by atoms with Gasteiger partial charge in [0.25, 0.3) is 0 Å². The molecule has 144 valence electrons. The Hall–Kier alpha value is -2.39. The van der Waals surface area contributed by atoms with E-state index >= 15 is 0 Å². The molecule has 0 saturated heterocycles. The van der Waals surface area contributed by atoms with Gasteiger partial charge in [-0.1, -0.05) is 59.7 Å². The quantitative estimate of drug-likeness (QED) is 0.659. The highest BCUT2D eigenvalue weighted by Gasteiger charge is 2.11. The topological polar surface area (TPSA) is 46.3 Å². The number of nitrogens with zero attached hydrogens (tertiary/aromatic N) is 1. The van der Waals surface area contributed by atoms with E-state index in [4.69, 9.17) is 5.73 Å². The number of hydrogen-bond donors (Lipinski definition) is 1. The van der Waals surface area contributed by atoms with Crippen LogP contribution in [-0.2, 0) is 17.6 Å². The minimum atomic E-state index is -0.279. The van der Waals surface area contributed by atoms with Gasteiger partial charge in [0, 0.05) is 19.6 Å². The molecule has 0 atom stereocenters. The number of carbonyl (C=O) groups is 1. The lowest BCUT2D eigenvalue weighted by Crippen LogP contribution is -2.27. The van der Waals surface area contributed by atoms with E-state index in [9.17, 15) is 4.79 Å². The molecule has 0 radical (unpaired) electrons. The summed E-state index contributed by atoms with van der Waals surface area (Å²) in [6.07, 6.45) is 5.73. The van der Waals surface area contributed by atoms with E-state index in [1.807, 2.05) is 12.1 Å². The minimum absolute atomic E-state index is 0.279. The molecule has 3 heteroatoms. The van der Waals surface area contributed by atoms with Crippen molar-refractivity contribution in [3.05, 3.63) is 70.8 Å². The number of benzene rings is 2. The molecule has 0 aliphatic heterocycles. The number of amides is 1. The van der Waals surface area contributed by atoms with Crippen molar-refractivity contribution >= 4 is 16.7 Å². The van der Waals surface area contributed by atoms with Gasteiger partial charge in [-0.05, 0) is 56.0 Å². The summed E-state index contributed by atoms with van der Waals surface area (Å²) in [5.74, 6) is -0.279. The number of nitrogens with two attached hydrogens (primary N) is 1. The summed E-state index contributed by atoms with van der Waals surface area (Å²) >= 11 is 0. The van der Waals surface area contributed by atoms with Crippen LogP contribution in [0.15, 0.2) is 59.7 Å². The van der Waals surface area contributed by atoms with E-state index in [2.05, 4.69) is 69.0 Å². The van der Waals surface area contributed by atoms with Crippen molar-refractivity contribution in [2.45, 2.75) is 40.5 Å². The fourth-order valence-corrected chi connectivity index (χ4v) is 3.16. The van der Waals surface area contributed by atoms with Crippen molar-refractivity contribution in [3.8, 4) is 0 Å². The van der Waals surface area contributed by atoms with Gasteiger partial charge in [0.2, 0.25) is 5.91 Å². The van der Waals surface area contributed by atoms with Crippen molar-refractivity contribution < 1.29 is 4.79 Å². The lowest BCUT2D eigenvalue weighted by molar-refractivity contribution is -0.117. The zero-order valence-corrected chi connectivity index (χ0v) is 17.1.